The molecule has 3 rings (SSSR count). The molecule has 0 amide bonds. The zero-order valence-electron chi connectivity index (χ0n) is 11.8. The lowest BCUT2D eigenvalue weighted by molar-refractivity contribution is 0.114. The molecule has 0 bridgehead atoms. The number of ether oxygens (including phenoxy) is 1. The van der Waals surface area contributed by atoms with Gasteiger partial charge in [0.05, 0.1) is 21.3 Å². The van der Waals surface area contributed by atoms with Crippen LogP contribution >= 0.6 is 23.6 Å². The van der Waals surface area contributed by atoms with E-state index in [9.17, 15) is 0 Å². The Balaban J connectivity index is 1.39. The predicted molar refractivity (Wildman–Crippen MR) is 90.9 cm³/mol. The van der Waals surface area contributed by atoms with Crippen LogP contribution in [-0.4, -0.2) is 35.9 Å². The third-order valence-electron chi connectivity index (χ3n) is 3.48. The van der Waals surface area contributed by atoms with Crippen molar-refractivity contribution >= 4 is 38.9 Å². The molecule has 0 unspecified atom stereocenters. The topological polar surface area (TPSA) is 46.2 Å². The van der Waals surface area contributed by atoms with Crippen molar-refractivity contribution in [2.24, 2.45) is 0 Å². The summed E-state index contributed by atoms with van der Waals surface area (Å²) in [4.78, 5) is 4.61. The highest BCUT2D eigenvalue weighted by Gasteiger charge is 2.15. The zero-order chi connectivity index (χ0) is 14.5. The Morgan fingerprint density at radius 2 is 2.29 bits per heavy atom. The maximum atomic E-state index is 5.55. The summed E-state index contributed by atoms with van der Waals surface area (Å²) in [6.45, 7) is 2.48. The summed E-state index contributed by atoms with van der Waals surface area (Å²) in [7, 11) is 0. The van der Waals surface area contributed by atoms with Gasteiger partial charge in [-0.25, -0.2) is 4.98 Å². The lowest BCUT2D eigenvalue weighted by Crippen LogP contribution is -2.40. The number of aromatic nitrogens is 1. The van der Waals surface area contributed by atoms with Gasteiger partial charge in [0.2, 0.25) is 0 Å². The van der Waals surface area contributed by atoms with Crippen molar-refractivity contribution in [1.82, 2.24) is 15.6 Å². The summed E-state index contributed by atoms with van der Waals surface area (Å²) >= 11 is 7.02. The van der Waals surface area contributed by atoms with E-state index in [1.165, 1.54) is 4.70 Å². The van der Waals surface area contributed by atoms with E-state index in [0.29, 0.717) is 11.2 Å². The number of nitrogens with one attached hydrogen (secondary N) is 2. The summed E-state index contributed by atoms with van der Waals surface area (Å²) in [5.41, 5.74) is 1.08. The molecule has 0 saturated carbocycles. The van der Waals surface area contributed by atoms with Gasteiger partial charge >= 0.3 is 0 Å². The Bertz CT molecular complexity index is 575. The Kier molecular flexibility index (Phi) is 5.00. The molecule has 0 aliphatic carbocycles. The van der Waals surface area contributed by atoms with Crippen molar-refractivity contribution in [3.63, 3.8) is 0 Å². The van der Waals surface area contributed by atoms with E-state index < -0.39 is 0 Å². The number of nitrogens with zero attached hydrogens (tertiary/aromatic N) is 1. The number of hydrogen-bond donors (Lipinski definition) is 2. The van der Waals surface area contributed by atoms with Gasteiger partial charge in [-0.15, -0.1) is 11.3 Å². The molecule has 1 aliphatic rings. The number of rotatable bonds is 5. The minimum absolute atomic E-state index is 0.314. The van der Waals surface area contributed by atoms with Gasteiger partial charge in [0.1, 0.15) is 0 Å². The fourth-order valence-corrected chi connectivity index (χ4v) is 3.54. The molecular formula is C15H19N3OS2. The second-order valence-corrected chi connectivity index (χ2v) is 6.62. The largest absolute Gasteiger partial charge is 0.376 e. The van der Waals surface area contributed by atoms with Gasteiger partial charge in [0, 0.05) is 26.1 Å². The Hall–Kier alpha value is -1.24. The van der Waals surface area contributed by atoms with Gasteiger partial charge in [-0.3, -0.25) is 0 Å². The highest BCUT2D eigenvalue weighted by molar-refractivity contribution is 7.80. The number of para-hydroxylation sites is 1. The van der Waals surface area contributed by atoms with Crippen LogP contribution in [0.1, 0.15) is 17.8 Å². The smallest absolute Gasteiger partial charge is 0.166 e. The van der Waals surface area contributed by atoms with Crippen LogP contribution in [0.4, 0.5) is 0 Å². The van der Waals surface area contributed by atoms with Crippen LogP contribution in [0, 0.1) is 0 Å². The third kappa shape index (κ3) is 4.12. The molecule has 2 heterocycles. The van der Waals surface area contributed by atoms with E-state index in [2.05, 4.69) is 27.8 Å². The minimum Gasteiger partial charge on any atom is -0.376 e. The second kappa shape index (κ2) is 7.15. The first-order chi connectivity index (χ1) is 10.3. The summed E-state index contributed by atoms with van der Waals surface area (Å²) in [5.74, 6) is 0. The summed E-state index contributed by atoms with van der Waals surface area (Å²) < 4.78 is 6.79. The molecule has 2 N–H and O–H groups in total. The van der Waals surface area contributed by atoms with Crippen LogP contribution in [0.2, 0.25) is 0 Å². The predicted octanol–water partition coefficient (Wildman–Crippen LogP) is 2.48. The van der Waals surface area contributed by atoms with E-state index in [1.54, 1.807) is 11.3 Å². The van der Waals surface area contributed by atoms with Gasteiger partial charge in [-0.05, 0) is 37.2 Å². The Labute approximate surface area is 133 Å². The van der Waals surface area contributed by atoms with Gasteiger partial charge in [0.25, 0.3) is 0 Å². The summed E-state index contributed by atoms with van der Waals surface area (Å²) in [6, 6.07) is 8.23. The molecule has 1 saturated heterocycles. The fourth-order valence-electron chi connectivity index (χ4n) is 2.38. The van der Waals surface area contributed by atoms with Crippen LogP contribution in [-0.2, 0) is 11.2 Å². The van der Waals surface area contributed by atoms with E-state index in [4.69, 9.17) is 17.0 Å². The molecule has 0 radical (unpaired) electrons. The SMILES string of the molecule is S=C(NCCc1nc2ccccc2s1)NC[C@@H]1CCCO1. The number of thiazole rings is 1. The van der Waals surface area contributed by atoms with Crippen molar-refractivity contribution in [3.8, 4) is 0 Å². The fraction of sp³-hybridized carbons (Fsp3) is 0.467. The summed E-state index contributed by atoms with van der Waals surface area (Å²) in [6.07, 6.45) is 3.49. The van der Waals surface area contributed by atoms with Crippen LogP contribution in [0.3, 0.4) is 0 Å². The second-order valence-electron chi connectivity index (χ2n) is 5.10. The molecule has 2 aromatic rings. The molecule has 1 fully saturated rings. The van der Waals surface area contributed by atoms with E-state index >= 15 is 0 Å². The molecule has 112 valence electrons. The monoisotopic (exact) mass is 321 g/mol. The van der Waals surface area contributed by atoms with Crippen LogP contribution in [0.25, 0.3) is 10.2 Å². The highest BCUT2D eigenvalue weighted by Crippen LogP contribution is 2.21. The van der Waals surface area contributed by atoms with Crippen molar-refractivity contribution in [1.29, 1.82) is 0 Å². The molecule has 1 aliphatic heterocycles. The molecule has 1 aromatic heterocycles. The molecular weight excluding hydrogens is 302 g/mol. The first-order valence-electron chi connectivity index (χ1n) is 7.29. The lowest BCUT2D eigenvalue weighted by Gasteiger charge is -2.13. The molecule has 6 heteroatoms. The maximum Gasteiger partial charge on any atom is 0.166 e. The van der Waals surface area contributed by atoms with Gasteiger partial charge in [-0.2, -0.15) is 0 Å². The van der Waals surface area contributed by atoms with Crippen molar-refractivity contribution in [2.45, 2.75) is 25.4 Å². The number of hydrogen-bond acceptors (Lipinski definition) is 4. The Morgan fingerprint density at radius 3 is 3.10 bits per heavy atom. The van der Waals surface area contributed by atoms with E-state index in [1.807, 2.05) is 12.1 Å². The number of fused-ring (bicyclic) bond motifs is 1. The number of benzene rings is 1. The van der Waals surface area contributed by atoms with E-state index in [-0.39, 0.29) is 0 Å². The average Bonchev–Trinajstić information content (AvgIpc) is 3.14. The average molecular weight is 321 g/mol. The minimum atomic E-state index is 0.314. The molecule has 0 spiro atoms. The zero-order valence-corrected chi connectivity index (χ0v) is 13.4. The van der Waals surface area contributed by atoms with Crippen molar-refractivity contribution in [2.75, 3.05) is 19.7 Å². The number of thiocarbonyl (C=S) groups is 1. The standard InChI is InChI=1S/C15H19N3OS2/c20-15(17-10-11-4-3-9-19-11)16-8-7-14-18-12-5-1-2-6-13(12)21-14/h1-2,5-6,11H,3-4,7-10H2,(H2,16,17,20)/t11-/m0/s1. The van der Waals surface area contributed by atoms with Gasteiger partial charge < -0.3 is 15.4 Å². The van der Waals surface area contributed by atoms with Gasteiger partial charge in [-0.1, -0.05) is 12.1 Å². The molecule has 1 aromatic carbocycles. The Morgan fingerprint density at radius 1 is 1.38 bits per heavy atom. The first-order valence-corrected chi connectivity index (χ1v) is 8.51. The normalized spacial score (nSPS) is 18.0. The summed E-state index contributed by atoms with van der Waals surface area (Å²) in [5, 5.41) is 8.29. The van der Waals surface area contributed by atoms with E-state index in [0.717, 1.165) is 49.5 Å². The van der Waals surface area contributed by atoms with Crippen molar-refractivity contribution in [3.05, 3.63) is 29.3 Å². The lowest BCUT2D eigenvalue weighted by atomic mass is 10.2. The molecule has 1 atom stereocenters. The van der Waals surface area contributed by atoms with Crippen molar-refractivity contribution < 1.29 is 4.74 Å². The molecule has 21 heavy (non-hydrogen) atoms. The van der Waals surface area contributed by atoms with Crippen LogP contribution in [0.15, 0.2) is 24.3 Å². The first kappa shape index (κ1) is 14.7. The third-order valence-corrected chi connectivity index (χ3v) is 4.86. The quantitative estimate of drug-likeness (QED) is 0.829. The maximum absolute atomic E-state index is 5.55. The van der Waals surface area contributed by atoms with Crippen LogP contribution in [0.5, 0.6) is 0 Å². The van der Waals surface area contributed by atoms with Gasteiger partial charge in [0.15, 0.2) is 5.11 Å². The van der Waals surface area contributed by atoms with Crippen LogP contribution < -0.4 is 10.6 Å². The molecule has 4 nitrogen and oxygen atoms in total. The highest BCUT2D eigenvalue weighted by atomic mass is 32.1.